The summed E-state index contributed by atoms with van der Waals surface area (Å²) in [4.78, 5) is 31.0. The minimum atomic E-state index is -0.308. The van der Waals surface area contributed by atoms with E-state index in [4.69, 9.17) is 4.98 Å². The number of carbonyl (C=O) groups excluding carboxylic acids is 1. The van der Waals surface area contributed by atoms with Crippen molar-refractivity contribution in [3.8, 4) is 17.1 Å². The van der Waals surface area contributed by atoms with Crippen molar-refractivity contribution in [2.75, 3.05) is 11.6 Å². The molecular formula is C22H21N5O2S. The van der Waals surface area contributed by atoms with E-state index >= 15 is 0 Å². The molecular weight excluding hydrogens is 398 g/mol. The molecule has 8 heteroatoms. The summed E-state index contributed by atoms with van der Waals surface area (Å²) < 4.78 is 1.59. The molecule has 4 aromatic rings. The Labute approximate surface area is 177 Å². The number of anilines is 1. The van der Waals surface area contributed by atoms with Gasteiger partial charge in [-0.2, -0.15) is 5.10 Å². The predicted molar refractivity (Wildman–Crippen MR) is 120 cm³/mol. The van der Waals surface area contributed by atoms with Gasteiger partial charge in [-0.25, -0.2) is 4.98 Å². The highest BCUT2D eigenvalue weighted by Crippen LogP contribution is 2.31. The molecule has 7 nitrogen and oxygen atoms in total. The molecule has 1 amide bonds. The Hall–Kier alpha value is -3.39. The van der Waals surface area contributed by atoms with E-state index in [-0.39, 0.29) is 22.7 Å². The van der Waals surface area contributed by atoms with Crippen molar-refractivity contribution in [2.24, 2.45) is 0 Å². The van der Waals surface area contributed by atoms with Gasteiger partial charge in [-0.3, -0.25) is 19.3 Å². The number of carbonyl (C=O) groups is 1. The molecule has 0 atom stereocenters. The lowest BCUT2D eigenvalue weighted by atomic mass is 10.1. The van der Waals surface area contributed by atoms with E-state index in [0.29, 0.717) is 17.2 Å². The van der Waals surface area contributed by atoms with Crippen molar-refractivity contribution in [1.82, 2.24) is 19.7 Å². The highest BCUT2D eigenvalue weighted by molar-refractivity contribution is 7.98. The third-order valence-corrected chi connectivity index (χ3v) is 5.78. The molecule has 4 rings (SSSR count). The Morgan fingerprint density at radius 3 is 2.60 bits per heavy atom. The Kier molecular flexibility index (Phi) is 5.17. The second kappa shape index (κ2) is 7.79. The minimum absolute atomic E-state index is 0.178. The number of rotatable bonds is 4. The first-order valence-corrected chi connectivity index (χ1v) is 10.6. The topological polar surface area (TPSA) is 92.7 Å². The number of fused-ring (bicyclic) bond motifs is 1. The monoisotopic (exact) mass is 419 g/mol. The predicted octanol–water partition coefficient (Wildman–Crippen LogP) is 4.07. The second-order valence-electron chi connectivity index (χ2n) is 7.02. The third-order valence-electron chi connectivity index (χ3n) is 4.98. The first-order chi connectivity index (χ1) is 14.4. The van der Waals surface area contributed by atoms with Crippen LogP contribution in [0.2, 0.25) is 0 Å². The van der Waals surface area contributed by atoms with Crippen LogP contribution < -0.4 is 10.9 Å². The summed E-state index contributed by atoms with van der Waals surface area (Å²) in [5.74, 6) is 0.383. The van der Waals surface area contributed by atoms with Crippen molar-refractivity contribution in [1.29, 1.82) is 0 Å². The van der Waals surface area contributed by atoms with Gasteiger partial charge in [0.05, 0.1) is 5.69 Å². The molecule has 0 fully saturated rings. The zero-order chi connectivity index (χ0) is 21.4. The maximum Gasteiger partial charge on any atom is 0.271 e. The summed E-state index contributed by atoms with van der Waals surface area (Å²) >= 11 is 1.59. The fraction of sp³-hybridized carbons (Fsp3) is 0.182. The number of H-pyrrole nitrogens is 1. The van der Waals surface area contributed by atoms with Crippen molar-refractivity contribution in [3.63, 3.8) is 0 Å². The van der Waals surface area contributed by atoms with E-state index in [9.17, 15) is 9.59 Å². The summed E-state index contributed by atoms with van der Waals surface area (Å²) in [6.45, 7) is 5.41. The van der Waals surface area contributed by atoms with Crippen LogP contribution >= 0.6 is 11.8 Å². The van der Waals surface area contributed by atoms with Gasteiger partial charge < -0.3 is 5.32 Å². The highest BCUT2D eigenvalue weighted by Gasteiger charge is 2.21. The molecule has 2 heterocycles. The number of nitrogens with one attached hydrogen (secondary N) is 2. The van der Waals surface area contributed by atoms with Crippen LogP contribution in [0, 0.1) is 13.8 Å². The van der Waals surface area contributed by atoms with Gasteiger partial charge in [-0.05, 0) is 49.4 Å². The molecule has 0 aliphatic heterocycles. The zero-order valence-corrected chi connectivity index (χ0v) is 17.9. The number of aromatic amines is 1. The van der Waals surface area contributed by atoms with Crippen molar-refractivity contribution in [3.05, 3.63) is 63.9 Å². The van der Waals surface area contributed by atoms with E-state index in [1.807, 2.05) is 62.6 Å². The highest BCUT2D eigenvalue weighted by atomic mass is 32.2. The lowest BCUT2D eigenvalue weighted by Crippen LogP contribution is -2.23. The fourth-order valence-corrected chi connectivity index (χ4v) is 3.95. The van der Waals surface area contributed by atoms with Crippen LogP contribution in [0.5, 0.6) is 0 Å². The van der Waals surface area contributed by atoms with E-state index in [2.05, 4.69) is 15.5 Å². The summed E-state index contributed by atoms with van der Waals surface area (Å²) in [5, 5.41) is 9.74. The number of thioether (sulfide) groups is 1. The van der Waals surface area contributed by atoms with Gasteiger partial charge in [0.25, 0.3) is 5.56 Å². The normalized spacial score (nSPS) is 11.1. The number of amides is 1. The smallest absolute Gasteiger partial charge is 0.271 e. The summed E-state index contributed by atoms with van der Waals surface area (Å²) in [6.07, 6.45) is 1.99. The van der Waals surface area contributed by atoms with Crippen molar-refractivity contribution in [2.45, 2.75) is 25.7 Å². The van der Waals surface area contributed by atoms with Crippen LogP contribution in [0.15, 0.2) is 52.2 Å². The van der Waals surface area contributed by atoms with Crippen molar-refractivity contribution < 1.29 is 4.79 Å². The number of aromatic nitrogens is 4. The van der Waals surface area contributed by atoms with Crippen molar-refractivity contribution >= 4 is 34.5 Å². The maximum atomic E-state index is 13.7. The SMILES string of the molecule is CSc1ccccc1-c1nc2[nH]nc(NC(C)=O)c2c(=O)n1-c1ccc(C)c(C)c1. The molecule has 0 aliphatic carbocycles. The van der Waals surface area contributed by atoms with Gasteiger partial charge >= 0.3 is 0 Å². The lowest BCUT2D eigenvalue weighted by Gasteiger charge is -2.16. The molecule has 152 valence electrons. The van der Waals surface area contributed by atoms with Crippen LogP contribution in [-0.2, 0) is 4.79 Å². The van der Waals surface area contributed by atoms with E-state index in [1.54, 1.807) is 16.3 Å². The number of aryl methyl sites for hydroxylation is 2. The molecule has 0 saturated heterocycles. The van der Waals surface area contributed by atoms with Crippen LogP contribution in [0.1, 0.15) is 18.1 Å². The van der Waals surface area contributed by atoms with Crippen LogP contribution in [0.25, 0.3) is 28.1 Å². The van der Waals surface area contributed by atoms with Gasteiger partial charge in [0.1, 0.15) is 5.39 Å². The van der Waals surface area contributed by atoms with E-state index in [1.165, 1.54) is 6.92 Å². The molecule has 2 N–H and O–H groups in total. The fourth-order valence-electron chi connectivity index (χ4n) is 3.35. The quantitative estimate of drug-likeness (QED) is 0.487. The summed E-state index contributed by atoms with van der Waals surface area (Å²) in [7, 11) is 0. The van der Waals surface area contributed by atoms with E-state index in [0.717, 1.165) is 21.6 Å². The Balaban J connectivity index is 2.11. The summed E-state index contributed by atoms with van der Waals surface area (Å²) in [6, 6.07) is 13.7. The standard InChI is InChI=1S/C22H21N5O2S/c1-12-9-10-15(11-13(12)2)27-21(16-7-5-6-8-17(16)30-4)24-20-18(22(27)29)19(25-26-20)23-14(3)28/h5-11H,1-4H3,(H2,23,25,26,28). The molecule has 0 radical (unpaired) electrons. The minimum Gasteiger partial charge on any atom is -0.309 e. The molecule has 0 spiro atoms. The molecule has 0 unspecified atom stereocenters. The first kappa shape index (κ1) is 19.9. The molecule has 30 heavy (non-hydrogen) atoms. The molecule has 2 aromatic heterocycles. The number of benzene rings is 2. The average Bonchev–Trinajstić information content (AvgIpc) is 3.12. The van der Waals surface area contributed by atoms with Gasteiger partial charge in [0.15, 0.2) is 17.3 Å². The Morgan fingerprint density at radius 1 is 1.13 bits per heavy atom. The molecule has 0 bridgehead atoms. The Bertz CT molecular complexity index is 1340. The van der Waals surface area contributed by atoms with Gasteiger partial charge in [0.2, 0.25) is 5.91 Å². The molecule has 2 aromatic carbocycles. The third kappa shape index (κ3) is 3.39. The van der Waals surface area contributed by atoms with Gasteiger partial charge in [-0.15, -0.1) is 11.8 Å². The van der Waals surface area contributed by atoms with Gasteiger partial charge in [0, 0.05) is 17.4 Å². The van der Waals surface area contributed by atoms with Crippen LogP contribution in [0.3, 0.4) is 0 Å². The number of nitrogens with zero attached hydrogens (tertiary/aromatic N) is 3. The number of hydrogen-bond acceptors (Lipinski definition) is 5. The Morgan fingerprint density at radius 2 is 1.90 bits per heavy atom. The lowest BCUT2D eigenvalue weighted by molar-refractivity contribution is -0.114. The van der Waals surface area contributed by atoms with Gasteiger partial charge in [-0.1, -0.05) is 24.3 Å². The zero-order valence-electron chi connectivity index (χ0n) is 17.1. The van der Waals surface area contributed by atoms with Crippen LogP contribution in [-0.4, -0.2) is 31.9 Å². The maximum absolute atomic E-state index is 13.7. The summed E-state index contributed by atoms with van der Waals surface area (Å²) in [5.41, 5.74) is 3.78. The first-order valence-electron chi connectivity index (χ1n) is 9.40. The van der Waals surface area contributed by atoms with Crippen LogP contribution in [0.4, 0.5) is 5.82 Å². The number of hydrogen-bond donors (Lipinski definition) is 2. The second-order valence-corrected chi connectivity index (χ2v) is 7.87. The van der Waals surface area contributed by atoms with E-state index < -0.39 is 0 Å². The largest absolute Gasteiger partial charge is 0.309 e. The molecule has 0 saturated carbocycles. The molecule has 0 aliphatic rings. The average molecular weight is 420 g/mol.